The van der Waals surface area contributed by atoms with Crippen LogP contribution in [-0.2, 0) is 6.54 Å². The van der Waals surface area contributed by atoms with E-state index in [-0.39, 0.29) is 0 Å². The van der Waals surface area contributed by atoms with Crippen LogP contribution in [0.5, 0.6) is 11.5 Å². The van der Waals surface area contributed by atoms with Gasteiger partial charge in [-0.15, -0.1) is 0 Å². The van der Waals surface area contributed by atoms with Gasteiger partial charge in [0.2, 0.25) is 0 Å². The Morgan fingerprint density at radius 2 is 2.00 bits per heavy atom. The Hall–Kier alpha value is -0.930. The summed E-state index contributed by atoms with van der Waals surface area (Å²) in [6, 6.07) is 4.33. The van der Waals surface area contributed by atoms with Crippen molar-refractivity contribution in [2.75, 3.05) is 14.2 Å². The van der Waals surface area contributed by atoms with Gasteiger partial charge >= 0.3 is 0 Å². The van der Waals surface area contributed by atoms with Crippen LogP contribution in [0.2, 0.25) is 5.02 Å². The lowest BCUT2D eigenvalue weighted by atomic mass is 10.1. The van der Waals surface area contributed by atoms with Crippen LogP contribution in [-0.4, -0.2) is 20.3 Å². The number of methoxy groups -OCH3 is 2. The Morgan fingerprint density at radius 1 is 1.29 bits per heavy atom. The minimum Gasteiger partial charge on any atom is -0.493 e. The molecule has 17 heavy (non-hydrogen) atoms. The van der Waals surface area contributed by atoms with E-state index in [1.807, 2.05) is 12.1 Å². The Morgan fingerprint density at radius 3 is 2.53 bits per heavy atom. The first-order chi connectivity index (χ1) is 8.12. The molecule has 0 aromatic heterocycles. The van der Waals surface area contributed by atoms with Crippen molar-refractivity contribution >= 4 is 11.6 Å². The van der Waals surface area contributed by atoms with Crippen LogP contribution in [0, 0.1) is 0 Å². The average molecular weight is 258 g/mol. The molecule has 1 N–H and O–H groups in total. The van der Waals surface area contributed by atoms with E-state index in [2.05, 4.69) is 19.2 Å². The summed E-state index contributed by atoms with van der Waals surface area (Å²) in [7, 11) is 3.20. The number of nitrogens with one attached hydrogen (secondary N) is 1. The van der Waals surface area contributed by atoms with Gasteiger partial charge < -0.3 is 14.8 Å². The maximum Gasteiger partial charge on any atom is 0.179 e. The fraction of sp³-hybridized carbons (Fsp3) is 0.538. The second-order valence-electron chi connectivity index (χ2n) is 4.00. The molecular formula is C13H20ClNO2. The lowest BCUT2D eigenvalue weighted by Gasteiger charge is -2.14. The topological polar surface area (TPSA) is 30.5 Å². The standard InChI is InChI=1S/C13H20ClNO2/c1-5-9(2)15-8-10-6-11(14)13(17-4)12(7-10)16-3/h6-7,9,15H,5,8H2,1-4H3/t9-/m0/s1. The zero-order chi connectivity index (χ0) is 12.8. The van der Waals surface area contributed by atoms with Gasteiger partial charge in [-0.3, -0.25) is 0 Å². The summed E-state index contributed by atoms with van der Waals surface area (Å²) in [6.45, 7) is 5.08. The SMILES string of the molecule is CC[C@H](C)NCc1cc(Cl)c(OC)c(OC)c1. The number of hydrogen-bond acceptors (Lipinski definition) is 3. The van der Waals surface area contributed by atoms with Gasteiger partial charge in [0.05, 0.1) is 19.2 Å². The first-order valence-electron chi connectivity index (χ1n) is 5.76. The number of benzene rings is 1. The smallest absolute Gasteiger partial charge is 0.179 e. The second-order valence-corrected chi connectivity index (χ2v) is 4.41. The van der Waals surface area contributed by atoms with Crippen molar-refractivity contribution in [2.24, 2.45) is 0 Å². The van der Waals surface area contributed by atoms with E-state index >= 15 is 0 Å². The van der Waals surface area contributed by atoms with Crippen LogP contribution in [0.4, 0.5) is 0 Å². The molecule has 4 heteroatoms. The molecule has 96 valence electrons. The third-order valence-electron chi connectivity index (χ3n) is 2.76. The van der Waals surface area contributed by atoms with E-state index in [9.17, 15) is 0 Å². The molecule has 0 bridgehead atoms. The molecule has 0 aliphatic rings. The fourth-order valence-electron chi connectivity index (χ4n) is 1.51. The van der Waals surface area contributed by atoms with Gasteiger partial charge in [-0.05, 0) is 31.0 Å². The molecule has 0 amide bonds. The summed E-state index contributed by atoms with van der Waals surface area (Å²) in [4.78, 5) is 0. The maximum atomic E-state index is 6.13. The van der Waals surface area contributed by atoms with Gasteiger partial charge in [-0.2, -0.15) is 0 Å². The van der Waals surface area contributed by atoms with Gasteiger partial charge in [-0.25, -0.2) is 0 Å². The summed E-state index contributed by atoms with van der Waals surface area (Å²) in [6.07, 6.45) is 1.10. The molecule has 1 atom stereocenters. The highest BCUT2D eigenvalue weighted by atomic mass is 35.5. The van der Waals surface area contributed by atoms with Crippen LogP contribution in [0.15, 0.2) is 12.1 Å². The second kappa shape index (κ2) is 6.72. The Labute approximate surface area is 108 Å². The Kier molecular flexibility index (Phi) is 5.59. The summed E-state index contributed by atoms with van der Waals surface area (Å²) < 4.78 is 10.4. The molecule has 1 rings (SSSR count). The fourth-order valence-corrected chi connectivity index (χ4v) is 1.82. The van der Waals surface area contributed by atoms with E-state index < -0.39 is 0 Å². The first kappa shape index (κ1) is 14.1. The summed E-state index contributed by atoms with van der Waals surface area (Å²) >= 11 is 6.13. The van der Waals surface area contributed by atoms with Crippen LogP contribution in [0.1, 0.15) is 25.8 Å². The lowest BCUT2D eigenvalue weighted by Crippen LogP contribution is -2.24. The van der Waals surface area contributed by atoms with Gasteiger partial charge in [-0.1, -0.05) is 18.5 Å². The van der Waals surface area contributed by atoms with Crippen molar-refractivity contribution in [1.82, 2.24) is 5.32 Å². The van der Waals surface area contributed by atoms with E-state index in [0.29, 0.717) is 22.6 Å². The van der Waals surface area contributed by atoms with E-state index in [0.717, 1.165) is 18.5 Å². The number of halogens is 1. The van der Waals surface area contributed by atoms with Crippen LogP contribution >= 0.6 is 11.6 Å². The van der Waals surface area contributed by atoms with Crippen LogP contribution in [0.25, 0.3) is 0 Å². The first-order valence-corrected chi connectivity index (χ1v) is 6.13. The van der Waals surface area contributed by atoms with E-state index in [1.165, 1.54) is 0 Å². The van der Waals surface area contributed by atoms with Crippen molar-refractivity contribution < 1.29 is 9.47 Å². The molecule has 0 spiro atoms. The van der Waals surface area contributed by atoms with Crippen molar-refractivity contribution in [3.05, 3.63) is 22.7 Å². The number of ether oxygens (including phenoxy) is 2. The highest BCUT2D eigenvalue weighted by Crippen LogP contribution is 2.35. The zero-order valence-corrected chi connectivity index (χ0v) is 11.6. The third kappa shape index (κ3) is 3.79. The van der Waals surface area contributed by atoms with Crippen LogP contribution in [0.3, 0.4) is 0 Å². The van der Waals surface area contributed by atoms with Crippen molar-refractivity contribution in [3.8, 4) is 11.5 Å². The summed E-state index contributed by atoms with van der Waals surface area (Å²) in [5.41, 5.74) is 1.09. The highest BCUT2D eigenvalue weighted by molar-refractivity contribution is 6.32. The third-order valence-corrected chi connectivity index (χ3v) is 3.04. The Bertz CT molecular complexity index is 369. The quantitative estimate of drug-likeness (QED) is 0.849. The van der Waals surface area contributed by atoms with E-state index in [1.54, 1.807) is 14.2 Å². The van der Waals surface area contributed by atoms with Crippen LogP contribution < -0.4 is 14.8 Å². The molecule has 1 aromatic carbocycles. The molecule has 0 heterocycles. The number of hydrogen-bond donors (Lipinski definition) is 1. The van der Waals surface area contributed by atoms with Crippen molar-refractivity contribution in [1.29, 1.82) is 0 Å². The minimum atomic E-state index is 0.488. The van der Waals surface area contributed by atoms with Gasteiger partial charge in [0.15, 0.2) is 11.5 Å². The lowest BCUT2D eigenvalue weighted by molar-refractivity contribution is 0.354. The molecular weight excluding hydrogens is 238 g/mol. The molecule has 0 saturated heterocycles. The normalized spacial score (nSPS) is 12.3. The molecule has 0 aliphatic carbocycles. The highest BCUT2D eigenvalue weighted by Gasteiger charge is 2.11. The van der Waals surface area contributed by atoms with Gasteiger partial charge in [0.1, 0.15) is 0 Å². The van der Waals surface area contributed by atoms with Crippen molar-refractivity contribution in [3.63, 3.8) is 0 Å². The monoisotopic (exact) mass is 257 g/mol. The molecule has 3 nitrogen and oxygen atoms in total. The maximum absolute atomic E-state index is 6.13. The predicted molar refractivity (Wildman–Crippen MR) is 71.1 cm³/mol. The molecule has 0 radical (unpaired) electrons. The predicted octanol–water partition coefficient (Wildman–Crippen LogP) is 3.25. The molecule has 0 aliphatic heterocycles. The number of rotatable bonds is 6. The van der Waals surface area contributed by atoms with Gasteiger partial charge in [0.25, 0.3) is 0 Å². The molecule has 0 saturated carbocycles. The Balaban J connectivity index is 2.84. The zero-order valence-electron chi connectivity index (χ0n) is 10.8. The average Bonchev–Trinajstić information content (AvgIpc) is 2.34. The van der Waals surface area contributed by atoms with Crippen molar-refractivity contribution in [2.45, 2.75) is 32.9 Å². The molecule has 0 fully saturated rings. The largest absolute Gasteiger partial charge is 0.493 e. The van der Waals surface area contributed by atoms with Gasteiger partial charge in [0, 0.05) is 12.6 Å². The molecule has 0 unspecified atom stereocenters. The summed E-state index contributed by atoms with van der Waals surface area (Å²) in [5, 5.41) is 3.99. The van der Waals surface area contributed by atoms with E-state index in [4.69, 9.17) is 21.1 Å². The molecule has 1 aromatic rings. The summed E-state index contributed by atoms with van der Waals surface area (Å²) in [5.74, 6) is 1.25. The minimum absolute atomic E-state index is 0.488.